The second kappa shape index (κ2) is 14.9. The van der Waals surface area contributed by atoms with E-state index in [-0.39, 0.29) is 0 Å². The summed E-state index contributed by atoms with van der Waals surface area (Å²) in [7, 11) is 0. The minimum Gasteiger partial charge on any atom is -0.317 e. The Balaban J connectivity index is 2.02. The van der Waals surface area contributed by atoms with Crippen molar-refractivity contribution in [3.05, 3.63) is 0 Å². The normalized spacial score (nSPS) is 16.6. The van der Waals surface area contributed by atoms with E-state index in [0.29, 0.717) is 10.8 Å². The maximum Gasteiger partial charge on any atom is -0.00463 e. The van der Waals surface area contributed by atoms with Crippen LogP contribution in [0, 0.1) is 16.7 Å². The lowest BCUT2D eigenvalue weighted by atomic mass is 9.74. The van der Waals surface area contributed by atoms with Gasteiger partial charge in [-0.1, -0.05) is 105 Å². The zero-order valence-corrected chi connectivity index (χ0v) is 20.5. The van der Waals surface area contributed by atoms with Gasteiger partial charge in [-0.05, 0) is 68.4 Å². The molecule has 0 aromatic rings. The Morgan fingerprint density at radius 1 is 0.607 bits per heavy atom. The molecule has 0 aliphatic carbocycles. The predicted molar refractivity (Wildman–Crippen MR) is 128 cm³/mol. The summed E-state index contributed by atoms with van der Waals surface area (Å²) in [5, 5.41) is 3.51. The fourth-order valence-corrected chi connectivity index (χ4v) is 5.23. The average Bonchev–Trinajstić information content (AvgIpc) is 2.63. The fourth-order valence-electron chi connectivity index (χ4n) is 5.23. The van der Waals surface area contributed by atoms with Gasteiger partial charge in [-0.15, -0.1) is 0 Å². The molecule has 168 valence electrons. The first-order chi connectivity index (χ1) is 13.3. The first kappa shape index (κ1) is 26.0. The number of piperidine rings is 1. The van der Waals surface area contributed by atoms with Crippen molar-refractivity contribution in [3.8, 4) is 0 Å². The van der Waals surface area contributed by atoms with Gasteiger partial charge in [-0.2, -0.15) is 0 Å². The van der Waals surface area contributed by atoms with Gasteiger partial charge in [0.15, 0.2) is 0 Å². The van der Waals surface area contributed by atoms with E-state index in [1.165, 1.54) is 122 Å². The molecule has 0 amide bonds. The van der Waals surface area contributed by atoms with Crippen LogP contribution in [0.5, 0.6) is 0 Å². The van der Waals surface area contributed by atoms with Crippen molar-refractivity contribution in [1.82, 2.24) is 5.32 Å². The zero-order chi connectivity index (χ0) is 20.7. The van der Waals surface area contributed by atoms with E-state index in [1.54, 1.807) is 0 Å². The maximum atomic E-state index is 3.51. The van der Waals surface area contributed by atoms with E-state index in [1.807, 2.05) is 0 Å². The molecule has 0 unspecified atom stereocenters. The lowest BCUT2D eigenvalue weighted by molar-refractivity contribution is 0.194. The Morgan fingerprint density at radius 2 is 1.07 bits per heavy atom. The number of rotatable bonds is 17. The van der Waals surface area contributed by atoms with Crippen molar-refractivity contribution >= 4 is 0 Å². The number of unbranched alkanes of at least 4 members (excludes halogenated alkanes) is 9. The molecule has 28 heavy (non-hydrogen) atoms. The number of nitrogens with one attached hydrogen (secondary N) is 1. The molecule has 0 aromatic carbocycles. The summed E-state index contributed by atoms with van der Waals surface area (Å²) in [4.78, 5) is 0. The third kappa shape index (κ3) is 14.0. The number of hydrogen-bond acceptors (Lipinski definition) is 1. The molecule has 1 N–H and O–H groups in total. The van der Waals surface area contributed by atoms with Crippen LogP contribution < -0.4 is 5.32 Å². The quantitative estimate of drug-likeness (QED) is 0.243. The highest BCUT2D eigenvalue weighted by Crippen LogP contribution is 2.37. The SMILES string of the molecule is CCCCCCCCCCCCC(C)(C)CCCC(C)(C)CC1CCNCC1. The van der Waals surface area contributed by atoms with E-state index < -0.39 is 0 Å². The van der Waals surface area contributed by atoms with Crippen molar-refractivity contribution < 1.29 is 0 Å². The van der Waals surface area contributed by atoms with Crippen molar-refractivity contribution in [2.45, 2.75) is 144 Å². The summed E-state index contributed by atoms with van der Waals surface area (Å²) in [6.45, 7) is 14.9. The first-order valence-corrected chi connectivity index (χ1v) is 13.1. The fraction of sp³-hybridized carbons (Fsp3) is 1.00. The topological polar surface area (TPSA) is 12.0 Å². The Hall–Kier alpha value is -0.0400. The van der Waals surface area contributed by atoms with Gasteiger partial charge < -0.3 is 5.32 Å². The molecule has 1 aliphatic heterocycles. The van der Waals surface area contributed by atoms with Gasteiger partial charge in [0.2, 0.25) is 0 Å². The molecule has 1 aliphatic rings. The highest BCUT2D eigenvalue weighted by molar-refractivity contribution is 4.78. The van der Waals surface area contributed by atoms with Crippen LogP contribution in [-0.2, 0) is 0 Å². The largest absolute Gasteiger partial charge is 0.317 e. The molecule has 0 saturated carbocycles. The van der Waals surface area contributed by atoms with Gasteiger partial charge in [0.05, 0.1) is 0 Å². The van der Waals surface area contributed by atoms with Crippen molar-refractivity contribution in [3.63, 3.8) is 0 Å². The minimum atomic E-state index is 0.537. The average molecular weight is 394 g/mol. The standard InChI is InChI=1S/C27H55N/c1-6-7-8-9-10-11-12-13-14-15-19-26(2,3)20-16-21-27(4,5)24-25-17-22-28-23-18-25/h25,28H,6-24H2,1-5H3. The Labute approximate surface area is 179 Å². The van der Waals surface area contributed by atoms with Gasteiger partial charge in [0, 0.05) is 0 Å². The third-order valence-corrected chi connectivity index (χ3v) is 7.21. The second-order valence-electron chi connectivity index (χ2n) is 11.5. The highest BCUT2D eigenvalue weighted by Gasteiger charge is 2.25. The lowest BCUT2D eigenvalue weighted by Crippen LogP contribution is -2.30. The van der Waals surface area contributed by atoms with Crippen molar-refractivity contribution in [2.24, 2.45) is 16.7 Å². The van der Waals surface area contributed by atoms with Gasteiger partial charge in [0.1, 0.15) is 0 Å². The number of hydrogen-bond donors (Lipinski definition) is 1. The smallest absolute Gasteiger partial charge is 0.00463 e. The maximum absolute atomic E-state index is 3.51. The van der Waals surface area contributed by atoms with Crippen LogP contribution in [0.25, 0.3) is 0 Å². The molecule has 1 nitrogen and oxygen atoms in total. The van der Waals surface area contributed by atoms with Gasteiger partial charge in [-0.3, -0.25) is 0 Å². The third-order valence-electron chi connectivity index (χ3n) is 7.21. The van der Waals surface area contributed by atoms with E-state index in [4.69, 9.17) is 0 Å². The molecule has 0 bridgehead atoms. The molecular formula is C27H55N. The Bertz CT molecular complexity index is 351. The Kier molecular flexibility index (Phi) is 13.8. The van der Waals surface area contributed by atoms with E-state index in [2.05, 4.69) is 39.9 Å². The molecule has 0 aromatic heterocycles. The molecule has 0 spiro atoms. The van der Waals surface area contributed by atoms with Gasteiger partial charge >= 0.3 is 0 Å². The molecule has 0 radical (unpaired) electrons. The monoisotopic (exact) mass is 393 g/mol. The minimum absolute atomic E-state index is 0.537. The zero-order valence-electron chi connectivity index (χ0n) is 20.5. The summed E-state index contributed by atoms with van der Waals surface area (Å²) in [6, 6.07) is 0. The Morgan fingerprint density at radius 3 is 1.64 bits per heavy atom. The van der Waals surface area contributed by atoms with E-state index >= 15 is 0 Å². The summed E-state index contributed by atoms with van der Waals surface area (Å²) >= 11 is 0. The van der Waals surface area contributed by atoms with Crippen LogP contribution in [0.2, 0.25) is 0 Å². The van der Waals surface area contributed by atoms with Crippen LogP contribution in [0.1, 0.15) is 144 Å². The second-order valence-corrected chi connectivity index (χ2v) is 11.5. The van der Waals surface area contributed by atoms with Crippen LogP contribution >= 0.6 is 0 Å². The van der Waals surface area contributed by atoms with Gasteiger partial charge in [0.25, 0.3) is 0 Å². The molecular weight excluding hydrogens is 338 g/mol. The summed E-state index contributed by atoms with van der Waals surface area (Å²) in [5.74, 6) is 0.968. The predicted octanol–water partition coefficient (Wildman–Crippen LogP) is 8.91. The molecule has 1 heterocycles. The first-order valence-electron chi connectivity index (χ1n) is 13.1. The van der Waals surface area contributed by atoms with Crippen molar-refractivity contribution in [1.29, 1.82) is 0 Å². The van der Waals surface area contributed by atoms with Crippen LogP contribution in [0.15, 0.2) is 0 Å². The van der Waals surface area contributed by atoms with Crippen molar-refractivity contribution in [2.75, 3.05) is 13.1 Å². The van der Waals surface area contributed by atoms with Crippen LogP contribution in [0.3, 0.4) is 0 Å². The van der Waals surface area contributed by atoms with Crippen LogP contribution in [0.4, 0.5) is 0 Å². The van der Waals surface area contributed by atoms with Crippen LogP contribution in [-0.4, -0.2) is 13.1 Å². The lowest BCUT2D eigenvalue weighted by Gasteiger charge is -2.33. The summed E-state index contributed by atoms with van der Waals surface area (Å²) < 4.78 is 0. The molecule has 1 rings (SSSR count). The van der Waals surface area contributed by atoms with E-state index in [0.717, 1.165) is 5.92 Å². The molecule has 1 saturated heterocycles. The molecule has 1 fully saturated rings. The summed E-state index contributed by atoms with van der Waals surface area (Å²) in [5.41, 5.74) is 1.08. The van der Waals surface area contributed by atoms with E-state index in [9.17, 15) is 0 Å². The summed E-state index contributed by atoms with van der Waals surface area (Å²) in [6.07, 6.45) is 24.4. The molecule has 0 atom stereocenters. The highest BCUT2D eigenvalue weighted by atomic mass is 14.9. The molecule has 1 heteroatoms. The van der Waals surface area contributed by atoms with Gasteiger partial charge in [-0.25, -0.2) is 0 Å².